The zero-order chi connectivity index (χ0) is 25.1. The van der Waals surface area contributed by atoms with Crippen LogP contribution in [-0.4, -0.2) is 35.9 Å². The molecule has 0 radical (unpaired) electrons. The summed E-state index contributed by atoms with van der Waals surface area (Å²) >= 11 is 2.16. The minimum Gasteiger partial charge on any atom is -0.494 e. The van der Waals surface area contributed by atoms with Gasteiger partial charge in [0.2, 0.25) is 5.91 Å². The molecule has 0 saturated carbocycles. The first kappa shape index (κ1) is 24.6. The van der Waals surface area contributed by atoms with Gasteiger partial charge in [-0.1, -0.05) is 43.3 Å². The number of anilines is 1. The Bertz CT molecular complexity index is 1250. The lowest BCUT2D eigenvalue weighted by atomic mass is 9.91. The van der Waals surface area contributed by atoms with E-state index >= 15 is 0 Å². The number of halogens is 2. The van der Waals surface area contributed by atoms with Gasteiger partial charge in [0, 0.05) is 15.2 Å². The van der Waals surface area contributed by atoms with Gasteiger partial charge in [-0.15, -0.1) is 0 Å². The zero-order valence-electron chi connectivity index (χ0n) is 19.0. The Morgan fingerprint density at radius 2 is 1.77 bits per heavy atom. The number of nitrogens with zero attached hydrogens (tertiary/aromatic N) is 1. The molecule has 4 rings (SSSR count). The number of hydrogen-bond donors (Lipinski definition) is 2. The van der Waals surface area contributed by atoms with Crippen LogP contribution in [0.2, 0.25) is 0 Å². The lowest BCUT2D eigenvalue weighted by Gasteiger charge is -2.30. The van der Waals surface area contributed by atoms with Crippen molar-refractivity contribution < 1.29 is 23.5 Å². The highest BCUT2D eigenvalue weighted by molar-refractivity contribution is 14.1. The quantitative estimate of drug-likeness (QED) is 0.306. The van der Waals surface area contributed by atoms with E-state index in [1.807, 2.05) is 42.5 Å². The molecule has 1 heterocycles. The van der Waals surface area contributed by atoms with Crippen molar-refractivity contribution in [3.63, 3.8) is 0 Å². The van der Waals surface area contributed by atoms with Crippen LogP contribution in [-0.2, 0) is 9.59 Å². The number of carbonyl (C=O) groups is 3. The summed E-state index contributed by atoms with van der Waals surface area (Å²) in [6.45, 7) is 1.79. The van der Waals surface area contributed by atoms with E-state index in [0.29, 0.717) is 5.69 Å². The Labute approximate surface area is 215 Å². The number of hydrogen-bond acceptors (Lipinski definition) is 4. The topological polar surface area (TPSA) is 87.7 Å². The molecule has 7 nitrogen and oxygen atoms in total. The van der Waals surface area contributed by atoms with E-state index in [1.165, 1.54) is 19.2 Å². The molecular weight excluding hydrogens is 564 g/mol. The first-order valence-electron chi connectivity index (χ1n) is 10.9. The number of urea groups is 1. The monoisotopic (exact) mass is 587 g/mol. The average molecular weight is 587 g/mol. The van der Waals surface area contributed by atoms with Gasteiger partial charge in [0.1, 0.15) is 12.1 Å². The van der Waals surface area contributed by atoms with Crippen molar-refractivity contribution in [2.75, 3.05) is 12.4 Å². The fraction of sp³-hybridized carbons (Fsp3) is 0.192. The van der Waals surface area contributed by atoms with Gasteiger partial charge in [0.25, 0.3) is 5.91 Å². The van der Waals surface area contributed by atoms with E-state index in [9.17, 15) is 18.8 Å². The highest BCUT2D eigenvalue weighted by atomic mass is 127. The number of nitrogens with one attached hydrogen (secondary N) is 2. The molecule has 4 amide bonds. The molecule has 3 atom stereocenters. The Morgan fingerprint density at radius 3 is 2.40 bits per heavy atom. The average Bonchev–Trinajstić information content (AvgIpc) is 3.15. The first-order valence-corrected chi connectivity index (χ1v) is 12.0. The molecule has 2 unspecified atom stereocenters. The summed E-state index contributed by atoms with van der Waals surface area (Å²) in [5.74, 6) is -2.29. The van der Waals surface area contributed by atoms with Crippen molar-refractivity contribution >= 4 is 46.1 Å². The van der Waals surface area contributed by atoms with Crippen LogP contribution in [0.5, 0.6) is 5.75 Å². The van der Waals surface area contributed by atoms with Crippen molar-refractivity contribution in [3.8, 4) is 5.75 Å². The maximum Gasteiger partial charge on any atom is 0.325 e. The van der Waals surface area contributed by atoms with E-state index in [-0.39, 0.29) is 11.3 Å². The predicted octanol–water partition coefficient (Wildman–Crippen LogP) is 4.84. The van der Waals surface area contributed by atoms with Crippen molar-refractivity contribution in [3.05, 3.63) is 93.3 Å². The lowest BCUT2D eigenvalue weighted by Crippen LogP contribution is -2.50. The van der Waals surface area contributed by atoms with Crippen LogP contribution >= 0.6 is 22.6 Å². The normalized spacial score (nSPS) is 17.0. The van der Waals surface area contributed by atoms with Crippen LogP contribution in [0, 0.1) is 9.39 Å². The van der Waals surface area contributed by atoms with Crippen LogP contribution < -0.4 is 15.4 Å². The van der Waals surface area contributed by atoms with Gasteiger partial charge in [0.05, 0.1) is 7.11 Å². The number of carbonyl (C=O) groups excluding carboxylic acids is 3. The second-order valence-electron chi connectivity index (χ2n) is 8.13. The third kappa shape index (κ3) is 5.14. The minimum atomic E-state index is -1.14. The number of rotatable bonds is 7. The van der Waals surface area contributed by atoms with E-state index in [0.717, 1.165) is 20.1 Å². The SMILES string of the molecule is COc1ccc(C2NC(=O)N(C(C(=O)Nc3ccc(I)cc3)[C@@H](C)c3ccccc3)C2=O)cc1F. The Hall–Kier alpha value is -3.47. The van der Waals surface area contributed by atoms with Crippen LogP contribution in [0.15, 0.2) is 72.8 Å². The van der Waals surface area contributed by atoms with Gasteiger partial charge in [-0.25, -0.2) is 14.1 Å². The van der Waals surface area contributed by atoms with Crippen molar-refractivity contribution in [2.24, 2.45) is 0 Å². The molecule has 0 aliphatic carbocycles. The summed E-state index contributed by atoms with van der Waals surface area (Å²) in [4.78, 5) is 41.0. The van der Waals surface area contributed by atoms with Gasteiger partial charge in [0.15, 0.2) is 11.6 Å². The molecule has 2 N–H and O–H groups in total. The van der Waals surface area contributed by atoms with Gasteiger partial charge in [-0.3, -0.25) is 9.59 Å². The number of ether oxygens (including phenoxy) is 1. The highest BCUT2D eigenvalue weighted by Gasteiger charge is 2.47. The smallest absolute Gasteiger partial charge is 0.325 e. The lowest BCUT2D eigenvalue weighted by molar-refractivity contribution is -0.134. The molecule has 3 aromatic rings. The maximum absolute atomic E-state index is 14.3. The second kappa shape index (κ2) is 10.4. The summed E-state index contributed by atoms with van der Waals surface area (Å²) in [7, 11) is 1.34. The van der Waals surface area contributed by atoms with E-state index in [2.05, 4.69) is 33.2 Å². The summed E-state index contributed by atoms with van der Waals surface area (Å²) in [6, 6.07) is 17.4. The maximum atomic E-state index is 14.3. The number of methoxy groups -OCH3 is 1. The molecule has 0 spiro atoms. The number of amides is 4. The molecule has 3 aromatic carbocycles. The molecule has 180 valence electrons. The summed E-state index contributed by atoms with van der Waals surface area (Å²) in [5.41, 5.74) is 1.59. The van der Waals surface area contributed by atoms with Crippen molar-refractivity contribution in [1.29, 1.82) is 0 Å². The summed E-state index contributed by atoms with van der Waals surface area (Å²) < 4.78 is 20.2. The van der Waals surface area contributed by atoms with Crippen LogP contribution in [0.25, 0.3) is 0 Å². The van der Waals surface area contributed by atoms with Crippen LogP contribution in [0.4, 0.5) is 14.9 Å². The third-order valence-electron chi connectivity index (χ3n) is 5.94. The molecular formula is C26H23FIN3O4. The Morgan fingerprint density at radius 1 is 1.09 bits per heavy atom. The fourth-order valence-electron chi connectivity index (χ4n) is 4.10. The van der Waals surface area contributed by atoms with E-state index in [4.69, 9.17) is 4.74 Å². The minimum absolute atomic E-state index is 0.0230. The molecule has 0 aromatic heterocycles. The first-order chi connectivity index (χ1) is 16.8. The summed E-state index contributed by atoms with van der Waals surface area (Å²) in [5, 5.41) is 5.42. The molecule has 1 aliphatic heterocycles. The molecule has 1 fully saturated rings. The molecule has 0 bridgehead atoms. The summed E-state index contributed by atoms with van der Waals surface area (Å²) in [6.07, 6.45) is 0. The standard InChI is InChI=1S/C26H23FIN3O4/c1-15(16-6-4-3-5-7-16)23(24(32)29-19-11-9-18(28)10-12-19)31-25(33)22(30-26(31)34)17-8-13-21(35-2)20(27)14-17/h3-15,22-23H,1-2H3,(H,29,32)(H,30,34)/t15-,22?,23?/m0/s1. The second-order valence-corrected chi connectivity index (χ2v) is 9.37. The van der Waals surface area contributed by atoms with Gasteiger partial charge >= 0.3 is 6.03 Å². The molecule has 9 heteroatoms. The van der Waals surface area contributed by atoms with E-state index in [1.54, 1.807) is 19.1 Å². The van der Waals surface area contributed by atoms with Crippen molar-refractivity contribution in [2.45, 2.75) is 24.9 Å². The van der Waals surface area contributed by atoms with Gasteiger partial charge in [-0.05, 0) is 70.1 Å². The van der Waals surface area contributed by atoms with Gasteiger partial charge in [-0.2, -0.15) is 0 Å². The highest BCUT2D eigenvalue weighted by Crippen LogP contribution is 2.32. The third-order valence-corrected chi connectivity index (χ3v) is 6.66. The Balaban J connectivity index is 1.68. The van der Waals surface area contributed by atoms with E-state index < -0.39 is 41.7 Å². The van der Waals surface area contributed by atoms with Crippen molar-refractivity contribution in [1.82, 2.24) is 10.2 Å². The van der Waals surface area contributed by atoms with Crippen LogP contribution in [0.1, 0.15) is 30.0 Å². The molecule has 35 heavy (non-hydrogen) atoms. The number of benzene rings is 3. The van der Waals surface area contributed by atoms with Crippen LogP contribution in [0.3, 0.4) is 0 Å². The number of imide groups is 1. The fourth-order valence-corrected chi connectivity index (χ4v) is 4.46. The predicted molar refractivity (Wildman–Crippen MR) is 138 cm³/mol. The largest absolute Gasteiger partial charge is 0.494 e. The molecule has 1 saturated heterocycles. The Kier molecular flexibility index (Phi) is 7.34. The zero-order valence-corrected chi connectivity index (χ0v) is 21.2. The van der Waals surface area contributed by atoms with Gasteiger partial charge < -0.3 is 15.4 Å². The molecule has 1 aliphatic rings.